The molecule has 0 fully saturated rings. The van der Waals surface area contributed by atoms with Gasteiger partial charge in [-0.2, -0.15) is 0 Å². The Morgan fingerprint density at radius 2 is 1.61 bits per heavy atom. The normalized spacial score (nSPS) is 13.6. The molecule has 1 rings (SSSR count). The zero-order valence-electron chi connectivity index (χ0n) is 11.3. The summed E-state index contributed by atoms with van der Waals surface area (Å²) >= 11 is 0. The molecule has 1 atom stereocenters. The maximum atomic E-state index is 12.2. The van der Waals surface area contributed by atoms with Gasteiger partial charge in [-0.05, 0) is 26.0 Å². The molecule has 0 amide bonds. The van der Waals surface area contributed by atoms with E-state index in [1.54, 1.807) is 45.0 Å². The molecule has 0 N–H and O–H groups in total. The second kappa shape index (κ2) is 5.65. The summed E-state index contributed by atoms with van der Waals surface area (Å²) in [6.45, 7) is 7.07. The van der Waals surface area contributed by atoms with E-state index in [1.807, 2.05) is 6.92 Å². The number of carbonyl (C=O) groups excluding carboxylic acids is 1. The Bertz CT molecular complexity index is 512. The van der Waals surface area contributed by atoms with Crippen LogP contribution in [0.2, 0.25) is 0 Å². The van der Waals surface area contributed by atoms with E-state index in [1.165, 1.54) is 0 Å². The van der Waals surface area contributed by atoms with Gasteiger partial charge in [0.1, 0.15) is 5.78 Å². The zero-order valence-corrected chi connectivity index (χ0v) is 12.1. The summed E-state index contributed by atoms with van der Waals surface area (Å²) in [4.78, 5) is 11.9. The van der Waals surface area contributed by atoms with Gasteiger partial charge in [0.25, 0.3) is 0 Å². The van der Waals surface area contributed by atoms with E-state index in [0.29, 0.717) is 0 Å². The predicted octanol–water partition coefficient (Wildman–Crippen LogP) is 2.77. The first-order valence-electron chi connectivity index (χ1n) is 6.08. The molecule has 0 saturated carbocycles. The van der Waals surface area contributed by atoms with E-state index < -0.39 is 15.1 Å². The molecule has 1 aromatic carbocycles. The number of aryl methyl sites for hydroxylation is 1. The monoisotopic (exact) mass is 268 g/mol. The van der Waals surface area contributed by atoms with Crippen molar-refractivity contribution < 1.29 is 13.2 Å². The van der Waals surface area contributed by atoms with E-state index in [2.05, 4.69) is 0 Å². The van der Waals surface area contributed by atoms with Crippen LogP contribution >= 0.6 is 0 Å². The highest BCUT2D eigenvalue weighted by atomic mass is 32.2. The molecular formula is C14H20O3S. The van der Waals surface area contributed by atoms with Crippen molar-refractivity contribution >= 4 is 15.6 Å². The minimum absolute atomic E-state index is 0.0156. The fourth-order valence-corrected chi connectivity index (χ4v) is 2.95. The lowest BCUT2D eigenvalue weighted by molar-refractivity contribution is -0.121. The van der Waals surface area contributed by atoms with Crippen LogP contribution in [0.25, 0.3) is 0 Å². The Kier molecular flexibility index (Phi) is 4.68. The lowest BCUT2D eigenvalue weighted by Crippen LogP contribution is -2.23. The Balaban J connectivity index is 2.93. The van der Waals surface area contributed by atoms with Crippen molar-refractivity contribution in [3.8, 4) is 0 Å². The summed E-state index contributed by atoms with van der Waals surface area (Å²) in [7, 11) is -3.41. The molecule has 0 heterocycles. The summed E-state index contributed by atoms with van der Waals surface area (Å²) in [5, 5.41) is -0.671. The minimum Gasteiger partial charge on any atom is -0.299 e. The number of Topliss-reactive ketones (excluding diaryl/α,β-unsaturated/α-hetero) is 1. The first kappa shape index (κ1) is 14.9. The number of ketones is 1. The molecule has 1 aromatic rings. The first-order valence-corrected chi connectivity index (χ1v) is 7.63. The van der Waals surface area contributed by atoms with Gasteiger partial charge in [-0.3, -0.25) is 4.79 Å². The smallest absolute Gasteiger partial charge is 0.181 e. The van der Waals surface area contributed by atoms with Crippen LogP contribution in [0.15, 0.2) is 29.2 Å². The Hall–Kier alpha value is -1.16. The van der Waals surface area contributed by atoms with Gasteiger partial charge >= 0.3 is 0 Å². The molecule has 0 aliphatic carbocycles. The van der Waals surface area contributed by atoms with Crippen molar-refractivity contribution in [3.63, 3.8) is 0 Å². The van der Waals surface area contributed by atoms with Crippen molar-refractivity contribution in [2.75, 3.05) is 0 Å². The molecule has 0 saturated heterocycles. The van der Waals surface area contributed by atoms with Gasteiger partial charge < -0.3 is 0 Å². The zero-order chi connectivity index (χ0) is 13.9. The Labute approximate surface area is 109 Å². The maximum absolute atomic E-state index is 12.2. The van der Waals surface area contributed by atoms with Crippen molar-refractivity contribution in [1.29, 1.82) is 0 Å². The molecule has 0 bridgehead atoms. The van der Waals surface area contributed by atoms with Crippen LogP contribution in [-0.2, 0) is 14.6 Å². The van der Waals surface area contributed by atoms with Gasteiger partial charge in [-0.15, -0.1) is 0 Å². The maximum Gasteiger partial charge on any atom is 0.181 e. The van der Waals surface area contributed by atoms with Gasteiger partial charge in [0.05, 0.1) is 10.1 Å². The van der Waals surface area contributed by atoms with Crippen LogP contribution in [0, 0.1) is 12.8 Å². The number of benzene rings is 1. The first-order chi connectivity index (χ1) is 8.25. The van der Waals surface area contributed by atoms with Crippen LogP contribution in [0.1, 0.15) is 32.8 Å². The fraction of sp³-hybridized carbons (Fsp3) is 0.500. The third-order valence-corrected chi connectivity index (χ3v) is 5.17. The van der Waals surface area contributed by atoms with Crippen molar-refractivity contribution in [3.05, 3.63) is 29.8 Å². The molecule has 3 nitrogen and oxygen atoms in total. The highest BCUT2D eigenvalue weighted by Gasteiger charge is 2.26. The van der Waals surface area contributed by atoms with E-state index in [4.69, 9.17) is 0 Å². The summed E-state index contributed by atoms with van der Waals surface area (Å²) < 4.78 is 24.5. The quantitative estimate of drug-likeness (QED) is 0.825. The third kappa shape index (κ3) is 3.42. The average molecular weight is 268 g/mol. The number of rotatable bonds is 5. The van der Waals surface area contributed by atoms with Crippen molar-refractivity contribution in [2.24, 2.45) is 5.92 Å². The van der Waals surface area contributed by atoms with Crippen LogP contribution in [0.5, 0.6) is 0 Å². The van der Waals surface area contributed by atoms with Gasteiger partial charge in [-0.1, -0.05) is 31.5 Å². The Morgan fingerprint density at radius 1 is 1.11 bits per heavy atom. The topological polar surface area (TPSA) is 51.2 Å². The summed E-state index contributed by atoms with van der Waals surface area (Å²) in [6, 6.07) is 6.73. The van der Waals surface area contributed by atoms with Crippen LogP contribution in [-0.4, -0.2) is 19.5 Å². The molecule has 0 aromatic heterocycles. The van der Waals surface area contributed by atoms with Crippen LogP contribution < -0.4 is 0 Å². The van der Waals surface area contributed by atoms with Crippen molar-refractivity contribution in [2.45, 2.75) is 44.3 Å². The van der Waals surface area contributed by atoms with Gasteiger partial charge in [-0.25, -0.2) is 8.42 Å². The van der Waals surface area contributed by atoms with E-state index in [9.17, 15) is 13.2 Å². The second-order valence-electron chi connectivity index (χ2n) is 4.99. The van der Waals surface area contributed by atoms with E-state index in [0.717, 1.165) is 5.56 Å². The lowest BCUT2D eigenvalue weighted by Gasteiger charge is -2.13. The third-order valence-electron chi connectivity index (χ3n) is 3.01. The number of hydrogen-bond donors (Lipinski definition) is 0. The summed E-state index contributed by atoms with van der Waals surface area (Å²) in [5.74, 6) is -0.140. The molecule has 18 heavy (non-hydrogen) atoms. The molecule has 0 spiro atoms. The number of hydrogen-bond acceptors (Lipinski definition) is 3. The number of sulfone groups is 1. The Morgan fingerprint density at radius 3 is 2.06 bits per heavy atom. The van der Waals surface area contributed by atoms with E-state index >= 15 is 0 Å². The molecule has 0 radical (unpaired) electrons. The van der Waals surface area contributed by atoms with Gasteiger partial charge in [0.2, 0.25) is 0 Å². The molecule has 100 valence electrons. The average Bonchev–Trinajstić information content (AvgIpc) is 2.29. The van der Waals surface area contributed by atoms with Crippen LogP contribution in [0.3, 0.4) is 0 Å². The molecule has 0 aliphatic rings. The largest absolute Gasteiger partial charge is 0.299 e. The number of carbonyl (C=O) groups is 1. The van der Waals surface area contributed by atoms with E-state index in [-0.39, 0.29) is 23.0 Å². The highest BCUT2D eigenvalue weighted by Crippen LogP contribution is 2.20. The van der Waals surface area contributed by atoms with Crippen molar-refractivity contribution in [1.82, 2.24) is 0 Å². The lowest BCUT2D eigenvalue weighted by atomic mass is 10.1. The highest BCUT2D eigenvalue weighted by molar-refractivity contribution is 7.92. The van der Waals surface area contributed by atoms with Gasteiger partial charge in [0.15, 0.2) is 9.84 Å². The molecular weight excluding hydrogens is 248 g/mol. The van der Waals surface area contributed by atoms with Crippen LogP contribution in [0.4, 0.5) is 0 Å². The summed E-state index contributed by atoms with van der Waals surface area (Å²) in [6.07, 6.45) is 0.0773. The molecule has 4 heteroatoms. The predicted molar refractivity (Wildman–Crippen MR) is 72.3 cm³/mol. The molecule has 0 aliphatic heterocycles. The second-order valence-corrected chi connectivity index (χ2v) is 7.36. The summed E-state index contributed by atoms with van der Waals surface area (Å²) in [5.41, 5.74) is 1.01. The van der Waals surface area contributed by atoms with Gasteiger partial charge in [0, 0.05) is 12.3 Å². The molecule has 1 unspecified atom stereocenters. The minimum atomic E-state index is -3.41. The SMILES string of the molecule is Cc1ccc(S(=O)(=O)C(C)CC(=O)C(C)C)cc1. The standard InChI is InChI=1S/C14H20O3S/c1-10(2)14(15)9-12(4)18(16,17)13-7-5-11(3)6-8-13/h5-8,10,12H,9H2,1-4H3. The fourth-order valence-electron chi connectivity index (χ4n) is 1.59.